The van der Waals surface area contributed by atoms with Crippen LogP contribution >= 0.6 is 22.6 Å². The summed E-state index contributed by atoms with van der Waals surface area (Å²) in [4.78, 5) is 9.41. The molecule has 1 saturated heterocycles. The Morgan fingerprint density at radius 2 is 2.10 bits per heavy atom. The van der Waals surface area contributed by atoms with E-state index in [1.165, 1.54) is 0 Å². The van der Waals surface area contributed by atoms with Crippen LogP contribution in [0.1, 0.15) is 18.7 Å². The molecule has 2 aromatic rings. The van der Waals surface area contributed by atoms with Crippen molar-refractivity contribution >= 4 is 28.4 Å². The van der Waals surface area contributed by atoms with Crippen molar-refractivity contribution < 1.29 is 4.74 Å². The van der Waals surface area contributed by atoms with E-state index in [0.717, 1.165) is 52.3 Å². The second kappa shape index (κ2) is 6.70. The predicted molar refractivity (Wildman–Crippen MR) is 92.4 cm³/mol. The van der Waals surface area contributed by atoms with Crippen LogP contribution in [0.4, 0.5) is 5.82 Å². The van der Waals surface area contributed by atoms with Gasteiger partial charge in [-0.25, -0.2) is 9.97 Å². The third-order valence-corrected chi connectivity index (χ3v) is 4.64. The largest absolute Gasteiger partial charge is 0.378 e. The second-order valence-electron chi connectivity index (χ2n) is 5.11. The third kappa shape index (κ3) is 3.35. The zero-order valence-corrected chi connectivity index (χ0v) is 14.1. The monoisotopic (exact) mass is 395 g/mol. The molecule has 0 bridgehead atoms. The maximum absolute atomic E-state index is 5.70. The van der Waals surface area contributed by atoms with Gasteiger partial charge in [0, 0.05) is 25.6 Å². The normalized spacial score (nSPS) is 17.9. The molecule has 0 radical (unpaired) electrons. The molecule has 0 amide bonds. The van der Waals surface area contributed by atoms with Crippen molar-refractivity contribution in [1.82, 2.24) is 9.97 Å². The van der Waals surface area contributed by atoms with E-state index in [2.05, 4.69) is 45.0 Å². The van der Waals surface area contributed by atoms with Crippen molar-refractivity contribution in [3.63, 3.8) is 0 Å². The number of ether oxygens (including phenoxy) is 1. The standard InChI is InChI=1S/C16H18IN3O/c1-18-16-14(17)15(11-6-3-2-4-7-11)19-13(20-16)10-12-8-5-9-21-12/h2-4,6-7,12H,5,8-10H2,1H3,(H,18,19,20). The average molecular weight is 395 g/mol. The summed E-state index contributed by atoms with van der Waals surface area (Å²) in [7, 11) is 1.90. The molecule has 1 N–H and O–H groups in total. The number of hydrogen-bond donors (Lipinski definition) is 1. The molecule has 1 unspecified atom stereocenters. The molecular weight excluding hydrogens is 377 g/mol. The van der Waals surface area contributed by atoms with E-state index in [1.807, 2.05) is 25.2 Å². The highest BCUT2D eigenvalue weighted by Gasteiger charge is 2.20. The van der Waals surface area contributed by atoms with Crippen LogP contribution in [0.25, 0.3) is 11.3 Å². The number of rotatable bonds is 4. The Bertz CT molecular complexity index is 612. The molecule has 0 saturated carbocycles. The smallest absolute Gasteiger partial charge is 0.143 e. The fraction of sp³-hybridized carbons (Fsp3) is 0.375. The van der Waals surface area contributed by atoms with Crippen molar-refractivity contribution in [2.45, 2.75) is 25.4 Å². The molecule has 1 aliphatic heterocycles. The molecule has 110 valence electrons. The molecule has 1 aliphatic rings. The molecule has 1 atom stereocenters. The fourth-order valence-electron chi connectivity index (χ4n) is 2.55. The van der Waals surface area contributed by atoms with Crippen LogP contribution in [-0.2, 0) is 11.2 Å². The van der Waals surface area contributed by atoms with Gasteiger partial charge in [-0.3, -0.25) is 0 Å². The molecule has 1 aromatic heterocycles. The lowest BCUT2D eigenvalue weighted by Gasteiger charge is -2.13. The van der Waals surface area contributed by atoms with Crippen molar-refractivity contribution in [2.75, 3.05) is 19.0 Å². The first-order chi connectivity index (χ1) is 10.3. The quantitative estimate of drug-likeness (QED) is 0.805. The number of hydrogen-bond acceptors (Lipinski definition) is 4. The maximum atomic E-state index is 5.70. The zero-order chi connectivity index (χ0) is 14.7. The van der Waals surface area contributed by atoms with Crippen LogP contribution in [0.5, 0.6) is 0 Å². The highest BCUT2D eigenvalue weighted by molar-refractivity contribution is 14.1. The molecule has 21 heavy (non-hydrogen) atoms. The molecular formula is C16H18IN3O. The van der Waals surface area contributed by atoms with E-state index >= 15 is 0 Å². The first-order valence-corrected chi connectivity index (χ1v) is 8.27. The van der Waals surface area contributed by atoms with E-state index in [-0.39, 0.29) is 6.10 Å². The van der Waals surface area contributed by atoms with Crippen LogP contribution in [-0.4, -0.2) is 29.7 Å². The highest BCUT2D eigenvalue weighted by atomic mass is 127. The fourth-order valence-corrected chi connectivity index (χ4v) is 3.37. The SMILES string of the molecule is CNc1nc(CC2CCCO2)nc(-c2ccccc2)c1I. The third-order valence-electron chi connectivity index (χ3n) is 3.62. The van der Waals surface area contributed by atoms with Gasteiger partial charge in [0.1, 0.15) is 11.6 Å². The van der Waals surface area contributed by atoms with Crippen molar-refractivity contribution in [3.05, 3.63) is 39.7 Å². The molecule has 5 heteroatoms. The van der Waals surface area contributed by atoms with Gasteiger partial charge in [0.15, 0.2) is 0 Å². The van der Waals surface area contributed by atoms with E-state index in [4.69, 9.17) is 9.72 Å². The van der Waals surface area contributed by atoms with Gasteiger partial charge in [-0.2, -0.15) is 0 Å². The Morgan fingerprint density at radius 1 is 1.29 bits per heavy atom. The molecule has 2 heterocycles. The highest BCUT2D eigenvalue weighted by Crippen LogP contribution is 2.28. The summed E-state index contributed by atoms with van der Waals surface area (Å²) < 4.78 is 6.76. The Balaban J connectivity index is 1.98. The molecule has 4 nitrogen and oxygen atoms in total. The summed E-state index contributed by atoms with van der Waals surface area (Å²) in [6.07, 6.45) is 3.29. The van der Waals surface area contributed by atoms with Crippen LogP contribution in [0.2, 0.25) is 0 Å². The first-order valence-electron chi connectivity index (χ1n) is 7.19. The van der Waals surface area contributed by atoms with Gasteiger partial charge in [0.25, 0.3) is 0 Å². The Morgan fingerprint density at radius 3 is 2.76 bits per heavy atom. The lowest BCUT2D eigenvalue weighted by Crippen LogP contribution is -2.14. The van der Waals surface area contributed by atoms with E-state index in [9.17, 15) is 0 Å². The van der Waals surface area contributed by atoms with Crippen LogP contribution in [0.15, 0.2) is 30.3 Å². The van der Waals surface area contributed by atoms with Gasteiger partial charge >= 0.3 is 0 Å². The topological polar surface area (TPSA) is 47.0 Å². The minimum Gasteiger partial charge on any atom is -0.378 e. The van der Waals surface area contributed by atoms with Crippen LogP contribution in [0.3, 0.4) is 0 Å². The number of nitrogens with zero attached hydrogens (tertiary/aromatic N) is 2. The number of anilines is 1. The van der Waals surface area contributed by atoms with Gasteiger partial charge in [-0.1, -0.05) is 30.3 Å². The number of benzene rings is 1. The van der Waals surface area contributed by atoms with E-state index < -0.39 is 0 Å². The Labute approximate surface area is 138 Å². The number of aromatic nitrogens is 2. The zero-order valence-electron chi connectivity index (χ0n) is 12.0. The van der Waals surface area contributed by atoms with Crippen molar-refractivity contribution in [3.8, 4) is 11.3 Å². The van der Waals surface area contributed by atoms with Gasteiger partial charge < -0.3 is 10.1 Å². The maximum Gasteiger partial charge on any atom is 0.143 e. The summed E-state index contributed by atoms with van der Waals surface area (Å²) in [6, 6.07) is 10.3. The lowest BCUT2D eigenvalue weighted by molar-refractivity contribution is 0.110. The first kappa shape index (κ1) is 14.7. The Kier molecular flexibility index (Phi) is 4.70. The summed E-state index contributed by atoms with van der Waals surface area (Å²) in [6.45, 7) is 0.861. The Hall–Kier alpha value is -1.21. The molecule has 0 aliphatic carbocycles. The van der Waals surface area contributed by atoms with Crippen molar-refractivity contribution in [1.29, 1.82) is 0 Å². The van der Waals surface area contributed by atoms with Crippen LogP contribution < -0.4 is 5.32 Å². The molecule has 3 rings (SSSR count). The van der Waals surface area contributed by atoms with E-state index in [0.29, 0.717) is 0 Å². The van der Waals surface area contributed by atoms with Gasteiger partial charge in [-0.05, 0) is 35.4 Å². The summed E-state index contributed by atoms with van der Waals surface area (Å²) >= 11 is 2.31. The van der Waals surface area contributed by atoms with Gasteiger partial charge in [0.05, 0.1) is 15.4 Å². The molecule has 0 spiro atoms. The van der Waals surface area contributed by atoms with Crippen molar-refractivity contribution in [2.24, 2.45) is 0 Å². The van der Waals surface area contributed by atoms with Crippen LogP contribution in [0, 0.1) is 3.57 Å². The van der Waals surface area contributed by atoms with Gasteiger partial charge in [0.2, 0.25) is 0 Å². The predicted octanol–water partition coefficient (Wildman–Crippen LogP) is 3.51. The van der Waals surface area contributed by atoms with E-state index in [1.54, 1.807) is 0 Å². The number of halogens is 1. The summed E-state index contributed by atoms with van der Waals surface area (Å²) in [5, 5.41) is 3.17. The summed E-state index contributed by atoms with van der Waals surface area (Å²) in [5.41, 5.74) is 2.11. The van der Waals surface area contributed by atoms with Gasteiger partial charge in [-0.15, -0.1) is 0 Å². The molecule has 1 aromatic carbocycles. The average Bonchev–Trinajstić information content (AvgIpc) is 3.02. The minimum atomic E-state index is 0.262. The molecule has 1 fully saturated rings. The second-order valence-corrected chi connectivity index (χ2v) is 6.18. The lowest BCUT2D eigenvalue weighted by atomic mass is 10.1. The minimum absolute atomic E-state index is 0.262. The number of nitrogens with one attached hydrogen (secondary N) is 1. The summed E-state index contributed by atoms with van der Waals surface area (Å²) in [5.74, 6) is 1.74.